The van der Waals surface area contributed by atoms with E-state index < -0.39 is 0 Å². The molecule has 17 heavy (non-hydrogen) atoms. The maximum atomic E-state index is 11.9. The molecule has 2 rings (SSSR count). The third-order valence-electron chi connectivity index (χ3n) is 4.71. The highest BCUT2D eigenvalue weighted by molar-refractivity contribution is 5.95. The molecule has 0 saturated heterocycles. The summed E-state index contributed by atoms with van der Waals surface area (Å²) in [6, 6.07) is 0. The van der Waals surface area contributed by atoms with E-state index in [4.69, 9.17) is 4.74 Å². The van der Waals surface area contributed by atoms with Gasteiger partial charge in [0.2, 0.25) is 0 Å². The lowest BCUT2D eigenvalue weighted by atomic mass is 9.62. The van der Waals surface area contributed by atoms with Crippen molar-refractivity contribution in [1.29, 1.82) is 0 Å². The molecular formula is C15H24O2. The van der Waals surface area contributed by atoms with Crippen molar-refractivity contribution in [2.75, 3.05) is 7.11 Å². The summed E-state index contributed by atoms with van der Waals surface area (Å²) >= 11 is 0. The van der Waals surface area contributed by atoms with Gasteiger partial charge in [0.1, 0.15) is 0 Å². The number of carbonyl (C=O) groups is 1. The van der Waals surface area contributed by atoms with Gasteiger partial charge in [-0.3, -0.25) is 4.79 Å². The highest BCUT2D eigenvalue weighted by atomic mass is 16.5. The summed E-state index contributed by atoms with van der Waals surface area (Å²) in [5.74, 6) is 2.69. The number of allylic oxidation sites excluding steroid dienone is 2. The number of fused-ring (bicyclic) bond motifs is 1. The molecule has 0 radical (unpaired) electrons. The third kappa shape index (κ3) is 2.33. The Morgan fingerprint density at radius 1 is 1.35 bits per heavy atom. The number of ether oxygens (including phenoxy) is 1. The number of carbonyl (C=O) groups excluding carboxylic acids is 1. The first-order valence-electron chi connectivity index (χ1n) is 6.79. The fraction of sp³-hybridized carbons (Fsp3) is 0.800. The van der Waals surface area contributed by atoms with Gasteiger partial charge in [-0.15, -0.1) is 0 Å². The first-order valence-corrected chi connectivity index (χ1v) is 6.79. The van der Waals surface area contributed by atoms with Gasteiger partial charge in [-0.25, -0.2) is 0 Å². The van der Waals surface area contributed by atoms with Gasteiger partial charge < -0.3 is 4.74 Å². The fourth-order valence-electron chi connectivity index (χ4n) is 3.67. The third-order valence-corrected chi connectivity index (χ3v) is 4.71. The van der Waals surface area contributed by atoms with Crippen LogP contribution in [0.4, 0.5) is 0 Å². The molecule has 0 aromatic rings. The predicted octanol–water partition coefficient (Wildman–Crippen LogP) is 3.22. The first-order chi connectivity index (χ1) is 8.04. The molecule has 4 atom stereocenters. The van der Waals surface area contributed by atoms with E-state index in [2.05, 4.69) is 19.9 Å². The summed E-state index contributed by atoms with van der Waals surface area (Å²) in [7, 11) is 1.78. The standard InChI is InChI=1S/C15H24O2/c1-9(2)11-5-6-15(17-4)13-8-14(16)10(3)7-12(11)13/h7,9,11-13,15H,5-6,8H2,1-4H3/t11-,12-,13+,15+/m0/s1. The zero-order chi connectivity index (χ0) is 12.6. The summed E-state index contributed by atoms with van der Waals surface area (Å²) < 4.78 is 5.59. The van der Waals surface area contributed by atoms with Gasteiger partial charge in [-0.1, -0.05) is 19.9 Å². The molecule has 0 heterocycles. The van der Waals surface area contributed by atoms with E-state index >= 15 is 0 Å². The molecule has 0 N–H and O–H groups in total. The number of methoxy groups -OCH3 is 1. The van der Waals surface area contributed by atoms with Gasteiger partial charge in [0.15, 0.2) is 5.78 Å². The van der Waals surface area contributed by atoms with Crippen LogP contribution in [0, 0.1) is 23.7 Å². The molecule has 0 unspecified atom stereocenters. The van der Waals surface area contributed by atoms with Crippen LogP contribution in [0.25, 0.3) is 0 Å². The predicted molar refractivity (Wildman–Crippen MR) is 68.7 cm³/mol. The smallest absolute Gasteiger partial charge is 0.158 e. The zero-order valence-corrected chi connectivity index (χ0v) is 11.4. The zero-order valence-electron chi connectivity index (χ0n) is 11.4. The molecule has 0 spiro atoms. The monoisotopic (exact) mass is 236 g/mol. The Morgan fingerprint density at radius 2 is 2.06 bits per heavy atom. The molecule has 2 heteroatoms. The number of Topliss-reactive ketones (excluding diaryl/α,β-unsaturated/α-hetero) is 1. The van der Waals surface area contributed by atoms with Crippen LogP contribution in [0.2, 0.25) is 0 Å². The second kappa shape index (κ2) is 4.93. The lowest BCUT2D eigenvalue weighted by molar-refractivity contribution is -0.121. The molecule has 1 fully saturated rings. The van der Waals surface area contributed by atoms with E-state index in [1.54, 1.807) is 7.11 Å². The molecular weight excluding hydrogens is 212 g/mol. The minimum absolute atomic E-state index is 0.281. The van der Waals surface area contributed by atoms with Gasteiger partial charge in [-0.2, -0.15) is 0 Å². The summed E-state index contributed by atoms with van der Waals surface area (Å²) in [6.07, 6.45) is 5.54. The molecule has 0 aromatic carbocycles. The molecule has 96 valence electrons. The van der Waals surface area contributed by atoms with Crippen LogP contribution < -0.4 is 0 Å². The quantitative estimate of drug-likeness (QED) is 0.736. The van der Waals surface area contributed by atoms with Crippen molar-refractivity contribution in [3.8, 4) is 0 Å². The summed E-state index contributed by atoms with van der Waals surface area (Å²) in [4.78, 5) is 11.9. The van der Waals surface area contributed by atoms with E-state index in [1.165, 1.54) is 6.42 Å². The lowest BCUT2D eigenvalue weighted by Gasteiger charge is -2.45. The van der Waals surface area contributed by atoms with Crippen LogP contribution in [0.5, 0.6) is 0 Å². The van der Waals surface area contributed by atoms with Crippen LogP contribution in [0.1, 0.15) is 40.0 Å². The summed E-state index contributed by atoms with van der Waals surface area (Å²) in [6.45, 7) is 6.56. The molecule has 2 aliphatic rings. The van der Waals surface area contributed by atoms with Gasteiger partial charge in [0.25, 0.3) is 0 Å². The lowest BCUT2D eigenvalue weighted by Crippen LogP contribution is -2.43. The number of hydrogen-bond donors (Lipinski definition) is 0. The Balaban J connectivity index is 2.28. The minimum Gasteiger partial charge on any atom is -0.381 e. The highest BCUT2D eigenvalue weighted by Crippen LogP contribution is 2.45. The van der Waals surface area contributed by atoms with Crippen LogP contribution in [0.3, 0.4) is 0 Å². The first kappa shape index (κ1) is 12.8. The number of hydrogen-bond acceptors (Lipinski definition) is 2. The number of ketones is 1. The molecule has 2 nitrogen and oxygen atoms in total. The van der Waals surface area contributed by atoms with Crippen molar-refractivity contribution in [1.82, 2.24) is 0 Å². The Morgan fingerprint density at radius 3 is 2.65 bits per heavy atom. The Bertz CT molecular complexity index is 330. The molecule has 0 amide bonds. The molecule has 1 saturated carbocycles. The normalized spacial score (nSPS) is 37.9. The average molecular weight is 236 g/mol. The van der Waals surface area contributed by atoms with E-state index in [0.29, 0.717) is 30.0 Å². The SMILES string of the molecule is CO[C@@H]1CC[C@@H](C(C)C)[C@@H]2C=C(C)C(=O)C[C@H]21. The van der Waals surface area contributed by atoms with Crippen LogP contribution in [-0.4, -0.2) is 19.0 Å². The van der Waals surface area contributed by atoms with Gasteiger partial charge in [-0.05, 0) is 49.0 Å². The van der Waals surface area contributed by atoms with E-state index in [-0.39, 0.29) is 6.10 Å². The Hall–Kier alpha value is -0.630. The van der Waals surface area contributed by atoms with Crippen LogP contribution in [0.15, 0.2) is 11.6 Å². The van der Waals surface area contributed by atoms with E-state index in [9.17, 15) is 4.79 Å². The van der Waals surface area contributed by atoms with E-state index in [0.717, 1.165) is 17.9 Å². The van der Waals surface area contributed by atoms with Crippen molar-refractivity contribution in [3.05, 3.63) is 11.6 Å². The maximum absolute atomic E-state index is 11.9. The fourth-order valence-corrected chi connectivity index (χ4v) is 3.67. The van der Waals surface area contributed by atoms with Gasteiger partial charge in [0, 0.05) is 13.5 Å². The largest absolute Gasteiger partial charge is 0.381 e. The number of rotatable bonds is 2. The van der Waals surface area contributed by atoms with Crippen LogP contribution >= 0.6 is 0 Å². The minimum atomic E-state index is 0.281. The summed E-state index contributed by atoms with van der Waals surface area (Å²) in [5.41, 5.74) is 0.966. The topological polar surface area (TPSA) is 26.3 Å². The Kier molecular flexibility index (Phi) is 3.72. The second-order valence-corrected chi connectivity index (χ2v) is 5.98. The molecule has 0 bridgehead atoms. The highest BCUT2D eigenvalue weighted by Gasteiger charge is 2.42. The van der Waals surface area contributed by atoms with Crippen molar-refractivity contribution >= 4 is 5.78 Å². The molecule has 2 aliphatic carbocycles. The molecule has 0 aromatic heterocycles. The Labute approximate surface area is 104 Å². The van der Waals surface area contributed by atoms with Crippen molar-refractivity contribution in [3.63, 3.8) is 0 Å². The maximum Gasteiger partial charge on any atom is 0.158 e. The average Bonchev–Trinajstić information content (AvgIpc) is 2.29. The second-order valence-electron chi connectivity index (χ2n) is 5.98. The molecule has 0 aliphatic heterocycles. The summed E-state index contributed by atoms with van der Waals surface area (Å²) in [5, 5.41) is 0. The van der Waals surface area contributed by atoms with Crippen LogP contribution in [-0.2, 0) is 9.53 Å². The van der Waals surface area contributed by atoms with Crippen molar-refractivity contribution in [2.45, 2.75) is 46.1 Å². The van der Waals surface area contributed by atoms with E-state index in [1.807, 2.05) is 6.92 Å². The van der Waals surface area contributed by atoms with Gasteiger partial charge >= 0.3 is 0 Å². The van der Waals surface area contributed by atoms with Gasteiger partial charge in [0.05, 0.1) is 6.10 Å². The van der Waals surface area contributed by atoms with Crippen molar-refractivity contribution < 1.29 is 9.53 Å². The van der Waals surface area contributed by atoms with Crippen molar-refractivity contribution in [2.24, 2.45) is 23.7 Å².